The van der Waals surface area contributed by atoms with Gasteiger partial charge in [-0.15, -0.1) is 5.92 Å². The second-order valence-corrected chi connectivity index (χ2v) is 16.0. The molecule has 1 amide bonds. The second kappa shape index (κ2) is 16.1. The number of aliphatic hydroxyl groups excluding tert-OH is 1. The summed E-state index contributed by atoms with van der Waals surface area (Å²) in [6.07, 6.45) is 8.53. The third kappa shape index (κ3) is 7.43. The fraction of sp³-hybridized carbons (Fsp3) is 0.320. The summed E-state index contributed by atoms with van der Waals surface area (Å²) in [6.45, 7) is 15.9. The highest BCUT2D eigenvalue weighted by molar-refractivity contribution is 6.21. The molecule has 2 atom stereocenters. The van der Waals surface area contributed by atoms with Crippen LogP contribution in [0.5, 0.6) is 0 Å². The molecule has 5 heterocycles. The number of aliphatic imine (C=N–C) groups is 3. The van der Waals surface area contributed by atoms with Crippen LogP contribution < -0.4 is 10.6 Å². The molecule has 0 aromatic heterocycles. The monoisotopic (exact) mass is 769 g/mol. The van der Waals surface area contributed by atoms with Crippen molar-refractivity contribution in [1.82, 2.24) is 10.6 Å². The van der Waals surface area contributed by atoms with Gasteiger partial charge in [-0.3, -0.25) is 4.79 Å². The highest BCUT2D eigenvalue weighted by atomic mass is 16.5. The van der Waals surface area contributed by atoms with Gasteiger partial charge in [0.2, 0.25) is 5.91 Å². The average molecular weight is 770 g/mol. The third-order valence-electron chi connectivity index (χ3n) is 12.1. The Hall–Kier alpha value is -6.04. The highest BCUT2D eigenvalue weighted by Crippen LogP contribution is 2.46. The lowest BCUT2D eigenvalue weighted by molar-refractivity contribution is -0.121. The Balaban J connectivity index is 1.17. The summed E-state index contributed by atoms with van der Waals surface area (Å²) in [4.78, 5) is 29.0. The molecule has 8 bridgehead atoms. The normalized spacial score (nSPS) is 20.8. The molecule has 8 rings (SSSR count). The van der Waals surface area contributed by atoms with Crippen molar-refractivity contribution in [3.8, 4) is 11.8 Å². The van der Waals surface area contributed by atoms with Crippen LogP contribution >= 0.6 is 0 Å². The second-order valence-electron chi connectivity index (χ2n) is 16.0. The number of rotatable bonds is 10. The topological polar surface area (TPSA) is 108 Å². The van der Waals surface area contributed by atoms with Crippen LogP contribution in [0.2, 0.25) is 0 Å². The quantitative estimate of drug-likeness (QED) is 0.209. The fourth-order valence-corrected chi connectivity index (χ4v) is 8.89. The number of hydrogen-bond donors (Lipinski definition) is 3. The van der Waals surface area contributed by atoms with Crippen molar-refractivity contribution in [2.24, 2.45) is 26.8 Å². The Morgan fingerprint density at radius 3 is 2.43 bits per heavy atom. The molecule has 3 N–H and O–H groups in total. The molecule has 58 heavy (non-hydrogen) atoms. The number of hydrogen-bond acceptors (Lipinski definition) is 7. The van der Waals surface area contributed by atoms with Gasteiger partial charge < -0.3 is 20.5 Å². The predicted octanol–water partition coefficient (Wildman–Crippen LogP) is 9.65. The number of benzene rings is 2. The summed E-state index contributed by atoms with van der Waals surface area (Å²) in [5.41, 5.74) is 18.5. The smallest absolute Gasteiger partial charge is 0.220 e. The van der Waals surface area contributed by atoms with E-state index in [1.165, 1.54) is 11.1 Å². The summed E-state index contributed by atoms with van der Waals surface area (Å²) in [6, 6.07) is 16.4. The molecule has 294 valence electrons. The van der Waals surface area contributed by atoms with Crippen LogP contribution in [0, 0.1) is 30.6 Å². The van der Waals surface area contributed by atoms with Crippen molar-refractivity contribution in [1.29, 1.82) is 0 Å². The van der Waals surface area contributed by atoms with E-state index < -0.39 is 0 Å². The van der Waals surface area contributed by atoms with Gasteiger partial charge in [0.1, 0.15) is 5.76 Å². The Morgan fingerprint density at radius 2 is 1.66 bits per heavy atom. The van der Waals surface area contributed by atoms with Gasteiger partial charge in [0, 0.05) is 64.9 Å². The van der Waals surface area contributed by atoms with Crippen LogP contribution in [0.25, 0.3) is 0 Å². The van der Waals surface area contributed by atoms with E-state index in [1.54, 1.807) is 0 Å². The minimum absolute atomic E-state index is 0.00433. The molecular weight excluding hydrogens is 719 g/mol. The number of carbonyl (C=O) groups excluding carboxylic acids is 1. The van der Waals surface area contributed by atoms with Gasteiger partial charge in [-0.05, 0) is 111 Å². The molecule has 0 radical (unpaired) electrons. The molecule has 5 aliphatic heterocycles. The zero-order valence-corrected chi connectivity index (χ0v) is 34.6. The number of amides is 1. The van der Waals surface area contributed by atoms with Gasteiger partial charge >= 0.3 is 0 Å². The fourth-order valence-electron chi connectivity index (χ4n) is 8.89. The lowest BCUT2D eigenvalue weighted by Gasteiger charge is -2.18. The molecule has 0 spiro atoms. The molecular formula is C50H51N5O3. The largest absolute Gasteiger partial charge is 0.511 e. The average Bonchev–Trinajstić information content (AvgIpc) is 3.96. The maximum absolute atomic E-state index is 13.3. The number of allylic oxidation sites excluding steroid dienone is 11. The molecule has 8 nitrogen and oxygen atoms in total. The highest BCUT2D eigenvalue weighted by Gasteiger charge is 2.41. The first-order chi connectivity index (χ1) is 28.0. The molecule has 2 aromatic rings. The third-order valence-corrected chi connectivity index (χ3v) is 12.1. The molecule has 2 aromatic carbocycles. The number of aliphatic hydroxyl groups is 1. The minimum Gasteiger partial charge on any atom is -0.511 e. The SMILES string of the molecule is CC#Cc1cccc(COCC2=C(C)C3=NC2=CC2=NC(=CC4=C(C)C5=C(O)CC(=C6NC(=C3)C(C)[C@@H]6CCC(=O)NCc3cccc(C)c3)C5=N4)C(CC)=C2C)c1. The molecule has 8 heteroatoms. The van der Waals surface area contributed by atoms with Crippen LogP contribution in [0.4, 0.5) is 0 Å². The van der Waals surface area contributed by atoms with E-state index in [4.69, 9.17) is 19.7 Å². The van der Waals surface area contributed by atoms with E-state index in [-0.39, 0.29) is 17.7 Å². The zero-order chi connectivity index (χ0) is 40.7. The number of carbonyl (C=O) groups is 1. The van der Waals surface area contributed by atoms with Crippen LogP contribution in [-0.2, 0) is 22.7 Å². The van der Waals surface area contributed by atoms with E-state index in [9.17, 15) is 9.90 Å². The van der Waals surface area contributed by atoms with Gasteiger partial charge in [-0.25, -0.2) is 15.0 Å². The summed E-state index contributed by atoms with van der Waals surface area (Å²) >= 11 is 0. The summed E-state index contributed by atoms with van der Waals surface area (Å²) < 4.78 is 6.41. The van der Waals surface area contributed by atoms with Crippen molar-refractivity contribution < 1.29 is 14.6 Å². The Morgan fingerprint density at radius 1 is 0.914 bits per heavy atom. The molecule has 6 aliphatic rings. The zero-order valence-electron chi connectivity index (χ0n) is 34.6. The van der Waals surface area contributed by atoms with E-state index in [0.717, 1.165) is 102 Å². The van der Waals surface area contributed by atoms with Gasteiger partial charge in [0.15, 0.2) is 0 Å². The molecule has 0 saturated carbocycles. The summed E-state index contributed by atoms with van der Waals surface area (Å²) in [5.74, 6) is 6.51. The number of aryl methyl sites for hydroxylation is 1. The van der Waals surface area contributed by atoms with Crippen molar-refractivity contribution >= 4 is 23.0 Å². The first kappa shape index (κ1) is 38.8. The first-order valence-electron chi connectivity index (χ1n) is 20.4. The minimum atomic E-state index is -0.00433. The first-order valence-corrected chi connectivity index (χ1v) is 20.4. The standard InChI is InChI=1S/C50H51N5O3/c1-8-12-33-14-11-16-35(20-33)26-58-27-39-31(6)40-22-42-30(5)37(17-18-47(57)51-25-34-15-10-13-28(3)19-34)49(54-42)38-21-46(56)48-32(7)43(55-50(38)48)24-44-36(9-2)29(4)41(52-44)23-45(39)53-40/h10-11,13-16,19-20,22-24,30,37,54,56H,9,17-18,21,25-27H2,1-7H3,(H,51,57)/t30?,37-/m0/s1. The van der Waals surface area contributed by atoms with Crippen LogP contribution in [-0.4, -0.2) is 34.8 Å². The summed E-state index contributed by atoms with van der Waals surface area (Å²) in [7, 11) is 0. The van der Waals surface area contributed by atoms with Gasteiger partial charge in [0.05, 0.1) is 47.4 Å². The Kier molecular flexibility index (Phi) is 10.8. The Bertz CT molecular complexity index is 2570. The molecule has 1 aliphatic carbocycles. The van der Waals surface area contributed by atoms with Gasteiger partial charge in [0.25, 0.3) is 0 Å². The number of ether oxygens (including phenoxy) is 1. The molecule has 1 unspecified atom stereocenters. The molecule has 1 saturated heterocycles. The van der Waals surface area contributed by atoms with Crippen molar-refractivity contribution in [2.75, 3.05) is 6.61 Å². The lowest BCUT2D eigenvalue weighted by atomic mass is 9.86. The molecule has 1 fully saturated rings. The Labute approximate surface area is 342 Å². The van der Waals surface area contributed by atoms with E-state index in [2.05, 4.69) is 99.6 Å². The van der Waals surface area contributed by atoms with E-state index in [0.29, 0.717) is 44.8 Å². The van der Waals surface area contributed by atoms with Gasteiger partial charge in [-0.2, -0.15) is 0 Å². The summed E-state index contributed by atoms with van der Waals surface area (Å²) in [5, 5.41) is 18.4. The van der Waals surface area contributed by atoms with E-state index >= 15 is 0 Å². The van der Waals surface area contributed by atoms with Gasteiger partial charge in [-0.1, -0.05) is 61.7 Å². The van der Waals surface area contributed by atoms with Crippen molar-refractivity contribution in [3.05, 3.63) is 162 Å². The number of fused-ring (bicyclic) bond motifs is 5. The maximum Gasteiger partial charge on any atom is 0.220 e. The van der Waals surface area contributed by atoms with Crippen LogP contribution in [0.15, 0.2) is 155 Å². The van der Waals surface area contributed by atoms with E-state index in [1.807, 2.05) is 38.1 Å². The maximum atomic E-state index is 13.3. The van der Waals surface area contributed by atoms with Crippen LogP contribution in [0.1, 0.15) is 89.5 Å². The number of nitrogens with one attached hydrogen (secondary N) is 2. The predicted molar refractivity (Wildman–Crippen MR) is 233 cm³/mol. The van der Waals surface area contributed by atoms with Crippen molar-refractivity contribution in [2.45, 2.75) is 87.3 Å². The van der Waals surface area contributed by atoms with Crippen molar-refractivity contribution in [3.63, 3.8) is 0 Å². The van der Waals surface area contributed by atoms with Crippen LogP contribution in [0.3, 0.4) is 0 Å². The number of nitrogens with zero attached hydrogens (tertiary/aromatic N) is 3. The lowest BCUT2D eigenvalue weighted by Crippen LogP contribution is -2.24.